The Balaban J connectivity index is 1.71. The molecule has 1 aliphatic carbocycles. The van der Waals surface area contributed by atoms with Crippen LogP contribution in [-0.4, -0.2) is 36.7 Å². The van der Waals surface area contributed by atoms with Gasteiger partial charge < -0.3 is 14.4 Å². The van der Waals surface area contributed by atoms with Gasteiger partial charge in [-0.25, -0.2) is 19.2 Å². The number of hydrogen-bond donors (Lipinski definition) is 1. The summed E-state index contributed by atoms with van der Waals surface area (Å²) in [5.74, 6) is -0.691. The lowest BCUT2D eigenvalue weighted by Crippen LogP contribution is -2.29. The third-order valence-corrected chi connectivity index (χ3v) is 6.40. The molecular weight excluding hydrogens is 435 g/mol. The molecule has 1 fully saturated rings. The molecule has 2 aromatic carbocycles. The van der Waals surface area contributed by atoms with Crippen LogP contribution in [0.5, 0.6) is 5.88 Å². The maximum absolute atomic E-state index is 13.5. The van der Waals surface area contributed by atoms with Crippen LogP contribution in [-0.2, 0) is 6.54 Å². The van der Waals surface area contributed by atoms with Crippen LogP contribution in [0.15, 0.2) is 48.5 Å². The highest BCUT2D eigenvalue weighted by atomic mass is 19.1. The monoisotopic (exact) mass is 460 g/mol. The fourth-order valence-corrected chi connectivity index (χ4v) is 4.29. The van der Waals surface area contributed by atoms with E-state index >= 15 is 0 Å². The first-order valence-corrected chi connectivity index (χ1v) is 11.4. The molecule has 0 aliphatic heterocycles. The highest BCUT2D eigenvalue weighted by Crippen LogP contribution is 2.35. The number of fused-ring (bicyclic) bond motifs is 1. The van der Waals surface area contributed by atoms with Crippen LogP contribution in [0.3, 0.4) is 0 Å². The van der Waals surface area contributed by atoms with E-state index in [0.29, 0.717) is 23.8 Å². The first-order chi connectivity index (χ1) is 16.4. The number of carboxylic acids is 1. The van der Waals surface area contributed by atoms with Gasteiger partial charge in [0.2, 0.25) is 11.7 Å². The molecule has 1 saturated carbocycles. The Labute approximate surface area is 196 Å². The van der Waals surface area contributed by atoms with Gasteiger partial charge in [0.1, 0.15) is 17.7 Å². The summed E-state index contributed by atoms with van der Waals surface area (Å²) in [6.07, 6.45) is 3.19. The van der Waals surface area contributed by atoms with Gasteiger partial charge in [-0.05, 0) is 56.4 Å². The smallest absolute Gasteiger partial charge is 0.374 e. The van der Waals surface area contributed by atoms with Crippen molar-refractivity contribution in [2.45, 2.75) is 45.8 Å². The van der Waals surface area contributed by atoms with Crippen LogP contribution in [0.2, 0.25) is 0 Å². The standard InChI is InChI=1S/C26H25FN4O3/c1-15-5-3-8-19(13-15)24-29-22-21(31(24)14-17-9-11-20(27)12-10-17)25(30-23(28-22)26(32)33)34-16(2)18-6-4-7-18/h3,5,8-13,16,18H,4,6-7,14H2,1-2H3,(H,32,33). The molecule has 2 aromatic heterocycles. The van der Waals surface area contributed by atoms with Gasteiger partial charge in [-0.15, -0.1) is 0 Å². The third kappa shape index (κ3) is 4.23. The summed E-state index contributed by atoms with van der Waals surface area (Å²) in [6, 6.07) is 14.1. The number of aryl methyl sites for hydroxylation is 1. The van der Waals surface area contributed by atoms with Crippen LogP contribution in [0.1, 0.15) is 47.9 Å². The van der Waals surface area contributed by atoms with Crippen molar-refractivity contribution in [3.63, 3.8) is 0 Å². The summed E-state index contributed by atoms with van der Waals surface area (Å²) in [5.41, 5.74) is 3.55. The van der Waals surface area contributed by atoms with Gasteiger partial charge in [0.15, 0.2) is 11.2 Å². The predicted molar refractivity (Wildman–Crippen MR) is 125 cm³/mol. The van der Waals surface area contributed by atoms with E-state index in [1.807, 2.05) is 42.7 Å². The van der Waals surface area contributed by atoms with Crippen LogP contribution >= 0.6 is 0 Å². The Hall–Kier alpha value is -3.81. The topological polar surface area (TPSA) is 90.1 Å². The van der Waals surface area contributed by atoms with Crippen molar-refractivity contribution < 1.29 is 19.0 Å². The highest BCUT2D eigenvalue weighted by Gasteiger charge is 2.29. The number of aromatic nitrogens is 4. The molecule has 7 nitrogen and oxygen atoms in total. The van der Waals surface area contributed by atoms with Gasteiger partial charge in [-0.3, -0.25) is 0 Å². The van der Waals surface area contributed by atoms with Gasteiger partial charge in [0.05, 0.1) is 0 Å². The second-order valence-electron chi connectivity index (χ2n) is 8.86. The lowest BCUT2D eigenvalue weighted by molar-refractivity contribution is 0.0676. The number of nitrogens with zero attached hydrogens (tertiary/aromatic N) is 4. The second-order valence-corrected chi connectivity index (χ2v) is 8.86. The number of carboxylic acid groups (broad SMARTS) is 1. The molecule has 1 aliphatic rings. The molecule has 0 amide bonds. The quantitative estimate of drug-likeness (QED) is 0.405. The van der Waals surface area contributed by atoms with Crippen molar-refractivity contribution in [3.05, 3.63) is 71.3 Å². The summed E-state index contributed by atoms with van der Waals surface area (Å²) < 4.78 is 21.7. The van der Waals surface area contributed by atoms with E-state index in [9.17, 15) is 14.3 Å². The van der Waals surface area contributed by atoms with Gasteiger partial charge in [0.25, 0.3) is 0 Å². The summed E-state index contributed by atoms with van der Waals surface area (Å²) >= 11 is 0. The maximum Gasteiger partial charge on any atom is 0.374 e. The normalized spacial score (nSPS) is 14.7. The van der Waals surface area contributed by atoms with E-state index < -0.39 is 5.97 Å². The average Bonchev–Trinajstić information content (AvgIpc) is 3.12. The molecular formula is C26H25FN4O3. The number of rotatable bonds is 7. The second kappa shape index (κ2) is 8.85. The number of ether oxygens (including phenoxy) is 1. The molecule has 0 radical (unpaired) electrons. The molecule has 0 bridgehead atoms. The third-order valence-electron chi connectivity index (χ3n) is 6.40. The Kier molecular flexibility index (Phi) is 5.73. The van der Waals surface area contributed by atoms with Gasteiger partial charge in [-0.1, -0.05) is 42.3 Å². The molecule has 5 rings (SSSR count). The summed E-state index contributed by atoms with van der Waals surface area (Å²) in [4.78, 5) is 25.0. The summed E-state index contributed by atoms with van der Waals surface area (Å²) in [7, 11) is 0. The maximum atomic E-state index is 13.5. The van der Waals surface area contributed by atoms with Crippen molar-refractivity contribution in [1.82, 2.24) is 19.5 Å². The summed E-state index contributed by atoms with van der Waals surface area (Å²) in [6.45, 7) is 4.35. The van der Waals surface area contributed by atoms with E-state index in [0.717, 1.165) is 36.0 Å². The van der Waals surface area contributed by atoms with Gasteiger partial charge in [0, 0.05) is 12.1 Å². The molecule has 0 spiro atoms. The van der Waals surface area contributed by atoms with E-state index in [1.165, 1.54) is 12.1 Å². The Morgan fingerprint density at radius 2 is 1.94 bits per heavy atom. The molecule has 2 heterocycles. The molecule has 8 heteroatoms. The molecule has 1 unspecified atom stereocenters. The fourth-order valence-electron chi connectivity index (χ4n) is 4.29. The zero-order chi connectivity index (χ0) is 23.8. The molecule has 34 heavy (non-hydrogen) atoms. The minimum absolute atomic E-state index is 0.120. The molecule has 0 saturated heterocycles. The SMILES string of the molecule is Cc1cccc(-c2nc3nc(C(=O)O)nc(OC(C)C4CCC4)c3n2Cc2ccc(F)cc2)c1. The molecule has 174 valence electrons. The van der Waals surface area contributed by atoms with Gasteiger partial charge >= 0.3 is 5.97 Å². The molecule has 4 aromatic rings. The lowest BCUT2D eigenvalue weighted by Gasteiger charge is -2.31. The number of halogens is 1. The summed E-state index contributed by atoms with van der Waals surface area (Å²) in [5, 5.41) is 9.61. The van der Waals surface area contributed by atoms with Crippen LogP contribution in [0, 0.1) is 18.7 Å². The van der Waals surface area contributed by atoms with Crippen molar-refractivity contribution in [3.8, 4) is 17.3 Å². The highest BCUT2D eigenvalue weighted by molar-refractivity contribution is 5.89. The van der Waals surface area contributed by atoms with Crippen molar-refractivity contribution >= 4 is 17.1 Å². The Morgan fingerprint density at radius 1 is 1.18 bits per heavy atom. The number of imidazole rings is 1. The van der Waals surface area contributed by atoms with Crippen LogP contribution < -0.4 is 4.74 Å². The van der Waals surface area contributed by atoms with Crippen LogP contribution in [0.25, 0.3) is 22.6 Å². The largest absolute Gasteiger partial charge is 0.475 e. The lowest BCUT2D eigenvalue weighted by atomic mass is 9.82. The van der Waals surface area contributed by atoms with E-state index in [1.54, 1.807) is 12.1 Å². The average molecular weight is 461 g/mol. The Morgan fingerprint density at radius 3 is 2.59 bits per heavy atom. The predicted octanol–water partition coefficient (Wildman–Crippen LogP) is 5.25. The van der Waals surface area contributed by atoms with Gasteiger partial charge in [-0.2, -0.15) is 4.98 Å². The van der Waals surface area contributed by atoms with E-state index in [4.69, 9.17) is 9.72 Å². The van der Waals surface area contributed by atoms with E-state index in [-0.39, 0.29) is 29.3 Å². The molecule has 1 N–H and O–H groups in total. The number of hydrogen-bond acceptors (Lipinski definition) is 5. The number of benzene rings is 2. The van der Waals surface area contributed by atoms with Crippen molar-refractivity contribution in [1.29, 1.82) is 0 Å². The van der Waals surface area contributed by atoms with Crippen LogP contribution in [0.4, 0.5) is 4.39 Å². The molecule has 1 atom stereocenters. The van der Waals surface area contributed by atoms with Crippen molar-refractivity contribution in [2.24, 2.45) is 5.92 Å². The zero-order valence-electron chi connectivity index (χ0n) is 19.0. The van der Waals surface area contributed by atoms with Crippen molar-refractivity contribution in [2.75, 3.05) is 0 Å². The fraction of sp³-hybridized carbons (Fsp3) is 0.308. The zero-order valence-corrected chi connectivity index (χ0v) is 19.0. The first-order valence-electron chi connectivity index (χ1n) is 11.4. The minimum Gasteiger partial charge on any atom is -0.475 e. The minimum atomic E-state index is -1.24. The number of aromatic carboxylic acids is 1. The van der Waals surface area contributed by atoms with E-state index in [2.05, 4.69) is 9.97 Å². The first kappa shape index (κ1) is 22.0. The number of carbonyl (C=O) groups is 1. The Bertz CT molecular complexity index is 1360.